The first kappa shape index (κ1) is 19.6. The Hall–Kier alpha value is -2.13. The monoisotopic (exact) mass is 426 g/mol. The zero-order valence-corrected chi connectivity index (χ0v) is 16.6. The number of imidazole rings is 1. The minimum absolute atomic E-state index is 0.0467. The summed E-state index contributed by atoms with van der Waals surface area (Å²) in [6.07, 6.45) is 2.11. The van der Waals surface area contributed by atoms with Gasteiger partial charge in [0.2, 0.25) is 10.0 Å². The van der Waals surface area contributed by atoms with Gasteiger partial charge in [-0.05, 0) is 37.1 Å². The van der Waals surface area contributed by atoms with Gasteiger partial charge < -0.3 is 5.32 Å². The number of amides is 1. The molecule has 0 unspecified atom stereocenters. The van der Waals surface area contributed by atoms with E-state index in [1.54, 1.807) is 35.7 Å². The molecule has 3 rings (SSSR count). The van der Waals surface area contributed by atoms with E-state index in [0.29, 0.717) is 40.0 Å². The van der Waals surface area contributed by atoms with Crippen LogP contribution in [0.5, 0.6) is 0 Å². The van der Waals surface area contributed by atoms with Crippen molar-refractivity contribution in [1.29, 1.82) is 0 Å². The number of halogens is 2. The maximum atomic E-state index is 12.6. The van der Waals surface area contributed by atoms with Crippen LogP contribution in [-0.4, -0.2) is 30.3 Å². The average molecular weight is 427 g/mol. The zero-order valence-electron chi connectivity index (χ0n) is 14.2. The molecule has 3 N–H and O–H groups in total. The molecule has 0 fully saturated rings. The van der Waals surface area contributed by atoms with Crippen LogP contribution in [0.25, 0.3) is 5.65 Å². The number of aryl methyl sites for hydroxylation is 1. The third-order valence-corrected chi connectivity index (χ3v) is 5.40. The normalized spacial score (nSPS) is 11.7. The van der Waals surface area contributed by atoms with E-state index in [0.717, 1.165) is 5.56 Å². The van der Waals surface area contributed by atoms with Crippen molar-refractivity contribution >= 4 is 44.8 Å². The molecule has 0 aliphatic carbocycles. The SMILES string of the molecule is Cc1nc2c(Cl)cc(Cl)cn2c1C(=O)NCCc1ccc(S(N)(=O)=O)cc1. The lowest BCUT2D eigenvalue weighted by Crippen LogP contribution is -2.27. The van der Waals surface area contributed by atoms with Crippen LogP contribution in [0.1, 0.15) is 21.7 Å². The van der Waals surface area contributed by atoms with Gasteiger partial charge in [-0.3, -0.25) is 9.20 Å². The number of primary sulfonamides is 1. The molecule has 0 aliphatic rings. The number of sulfonamides is 1. The van der Waals surface area contributed by atoms with Crippen molar-refractivity contribution in [3.05, 3.63) is 63.5 Å². The summed E-state index contributed by atoms with van der Waals surface area (Å²) in [6, 6.07) is 7.75. The number of hydrogen-bond donors (Lipinski definition) is 2. The van der Waals surface area contributed by atoms with Crippen molar-refractivity contribution in [2.24, 2.45) is 5.14 Å². The summed E-state index contributed by atoms with van der Waals surface area (Å²) in [6.45, 7) is 2.08. The fraction of sp³-hybridized carbons (Fsp3) is 0.176. The molecule has 0 spiro atoms. The quantitative estimate of drug-likeness (QED) is 0.653. The Kier molecular flexibility index (Phi) is 5.43. The molecule has 1 aromatic carbocycles. The number of nitrogens with zero attached hydrogens (tertiary/aromatic N) is 2. The molecule has 3 aromatic rings. The predicted molar refractivity (Wildman–Crippen MR) is 104 cm³/mol. The second kappa shape index (κ2) is 7.47. The highest BCUT2D eigenvalue weighted by atomic mass is 35.5. The number of aromatic nitrogens is 2. The van der Waals surface area contributed by atoms with Crippen LogP contribution in [0.4, 0.5) is 0 Å². The predicted octanol–water partition coefficient (Wildman–Crippen LogP) is 2.57. The second-order valence-corrected chi connectivity index (χ2v) is 8.35. The second-order valence-electron chi connectivity index (χ2n) is 5.94. The summed E-state index contributed by atoms with van der Waals surface area (Å²) in [5.74, 6) is -0.306. The van der Waals surface area contributed by atoms with Gasteiger partial charge in [-0.25, -0.2) is 18.5 Å². The van der Waals surface area contributed by atoms with E-state index in [2.05, 4.69) is 10.3 Å². The Morgan fingerprint density at radius 3 is 2.56 bits per heavy atom. The molecule has 142 valence electrons. The third kappa shape index (κ3) is 4.24. The molecule has 27 heavy (non-hydrogen) atoms. The Balaban J connectivity index is 1.72. The van der Waals surface area contributed by atoms with E-state index in [1.807, 2.05) is 0 Å². The summed E-state index contributed by atoms with van der Waals surface area (Å²) in [5.41, 5.74) is 2.22. The Labute approximate surface area is 166 Å². The summed E-state index contributed by atoms with van der Waals surface area (Å²) in [4.78, 5) is 16.9. The molecule has 0 bridgehead atoms. The van der Waals surface area contributed by atoms with Gasteiger partial charge in [0.05, 0.1) is 20.6 Å². The van der Waals surface area contributed by atoms with E-state index >= 15 is 0 Å². The first-order valence-electron chi connectivity index (χ1n) is 7.90. The summed E-state index contributed by atoms with van der Waals surface area (Å²) < 4.78 is 24.1. The fourth-order valence-corrected chi connectivity index (χ4v) is 3.74. The summed E-state index contributed by atoms with van der Waals surface area (Å²) in [7, 11) is -3.72. The van der Waals surface area contributed by atoms with E-state index in [9.17, 15) is 13.2 Å². The fourth-order valence-electron chi connectivity index (χ4n) is 2.71. The molecular weight excluding hydrogens is 411 g/mol. The lowest BCUT2D eigenvalue weighted by molar-refractivity contribution is 0.0947. The molecule has 0 atom stereocenters. The highest BCUT2D eigenvalue weighted by Gasteiger charge is 2.18. The molecule has 0 aliphatic heterocycles. The molecular formula is C17H16Cl2N4O3S. The van der Waals surface area contributed by atoms with Gasteiger partial charge in [-0.2, -0.15) is 0 Å². The first-order chi connectivity index (χ1) is 12.7. The molecule has 7 nitrogen and oxygen atoms in total. The minimum Gasteiger partial charge on any atom is -0.350 e. The number of carbonyl (C=O) groups excluding carboxylic acids is 1. The Morgan fingerprint density at radius 1 is 1.26 bits per heavy atom. The van der Waals surface area contributed by atoms with Crippen molar-refractivity contribution in [2.45, 2.75) is 18.2 Å². The van der Waals surface area contributed by atoms with Crippen molar-refractivity contribution in [3.8, 4) is 0 Å². The summed E-state index contributed by atoms with van der Waals surface area (Å²) >= 11 is 12.2. The molecule has 2 heterocycles. The van der Waals surface area contributed by atoms with Crippen LogP contribution in [-0.2, 0) is 16.4 Å². The van der Waals surface area contributed by atoms with Gasteiger partial charge in [0.25, 0.3) is 5.91 Å². The largest absolute Gasteiger partial charge is 0.350 e. The molecule has 10 heteroatoms. The number of nitrogens with two attached hydrogens (primary N) is 1. The molecule has 0 radical (unpaired) electrons. The highest BCUT2D eigenvalue weighted by Crippen LogP contribution is 2.24. The number of carbonyl (C=O) groups is 1. The Morgan fingerprint density at radius 2 is 1.93 bits per heavy atom. The lowest BCUT2D eigenvalue weighted by atomic mass is 10.1. The standard InChI is InChI=1S/C17H16Cl2N4O3S/c1-10-15(23-9-12(18)8-14(19)16(23)22-10)17(24)21-7-6-11-2-4-13(5-3-11)27(20,25)26/h2-5,8-9H,6-7H2,1H3,(H,21,24)(H2,20,25,26). The lowest BCUT2D eigenvalue weighted by Gasteiger charge is -2.07. The van der Waals surface area contributed by atoms with Crippen molar-refractivity contribution in [1.82, 2.24) is 14.7 Å². The molecule has 2 aromatic heterocycles. The van der Waals surface area contributed by atoms with Crippen LogP contribution in [0, 0.1) is 6.92 Å². The Bertz CT molecular complexity index is 1130. The number of pyridine rings is 1. The van der Waals surface area contributed by atoms with E-state index in [1.165, 1.54) is 12.1 Å². The maximum Gasteiger partial charge on any atom is 0.270 e. The number of nitrogens with one attached hydrogen (secondary N) is 1. The number of benzene rings is 1. The van der Waals surface area contributed by atoms with Crippen LogP contribution in [0.3, 0.4) is 0 Å². The van der Waals surface area contributed by atoms with E-state index in [4.69, 9.17) is 28.3 Å². The smallest absolute Gasteiger partial charge is 0.270 e. The van der Waals surface area contributed by atoms with E-state index in [-0.39, 0.29) is 10.8 Å². The maximum absolute atomic E-state index is 12.6. The average Bonchev–Trinajstić information content (AvgIpc) is 2.91. The zero-order chi connectivity index (χ0) is 19.8. The van der Waals surface area contributed by atoms with Gasteiger partial charge >= 0.3 is 0 Å². The van der Waals surface area contributed by atoms with Crippen molar-refractivity contribution in [3.63, 3.8) is 0 Å². The number of fused-ring (bicyclic) bond motifs is 1. The van der Waals surface area contributed by atoms with Gasteiger partial charge in [0, 0.05) is 12.7 Å². The van der Waals surface area contributed by atoms with Crippen LogP contribution >= 0.6 is 23.2 Å². The highest BCUT2D eigenvalue weighted by molar-refractivity contribution is 7.89. The van der Waals surface area contributed by atoms with Gasteiger partial charge in [0.1, 0.15) is 5.69 Å². The van der Waals surface area contributed by atoms with E-state index < -0.39 is 10.0 Å². The van der Waals surface area contributed by atoms with Crippen molar-refractivity contribution in [2.75, 3.05) is 6.54 Å². The number of hydrogen-bond acceptors (Lipinski definition) is 4. The van der Waals surface area contributed by atoms with Crippen molar-refractivity contribution < 1.29 is 13.2 Å². The molecule has 0 saturated carbocycles. The molecule has 0 saturated heterocycles. The van der Waals surface area contributed by atoms with Gasteiger partial charge in [-0.15, -0.1) is 0 Å². The number of rotatable bonds is 5. The van der Waals surface area contributed by atoms with Gasteiger partial charge in [-0.1, -0.05) is 35.3 Å². The third-order valence-electron chi connectivity index (χ3n) is 3.98. The minimum atomic E-state index is -3.72. The molecule has 1 amide bonds. The van der Waals surface area contributed by atoms with Gasteiger partial charge in [0.15, 0.2) is 5.65 Å². The summed E-state index contributed by atoms with van der Waals surface area (Å²) in [5, 5.41) is 8.65. The first-order valence-corrected chi connectivity index (χ1v) is 10.2. The topological polar surface area (TPSA) is 107 Å². The van der Waals surface area contributed by atoms with Crippen LogP contribution in [0.15, 0.2) is 41.4 Å². The van der Waals surface area contributed by atoms with Crippen LogP contribution in [0.2, 0.25) is 10.0 Å². The van der Waals surface area contributed by atoms with Crippen LogP contribution < -0.4 is 10.5 Å².